The number of anilines is 3. The van der Waals surface area contributed by atoms with E-state index in [-0.39, 0.29) is 61.9 Å². The molecule has 1 saturated heterocycles. The van der Waals surface area contributed by atoms with E-state index < -0.39 is 25.8 Å². The number of carbonyl (C=O) groups is 3. The average Bonchev–Trinajstić information content (AvgIpc) is 3.76. The summed E-state index contributed by atoms with van der Waals surface area (Å²) in [4.78, 5) is 49.7. The fourth-order valence-electron chi connectivity index (χ4n) is 10.8. The summed E-state index contributed by atoms with van der Waals surface area (Å²) in [6, 6.07) is 37.0. The Bertz CT molecular complexity index is 2580. The molecule has 1 unspecified atom stereocenters. The van der Waals surface area contributed by atoms with E-state index in [1.54, 1.807) is 16.9 Å². The number of amides is 3. The van der Waals surface area contributed by atoms with Gasteiger partial charge in [-0.05, 0) is 116 Å². The standard InChI is InChI=1S/C54H63BrN4O8Si/c1-6-66-43-21-25-47-39(30-43)31-46(56-26-10-11-28-60)52(63)59(47)41-17-14-38(15-18-41)35-58-48-24-16-40(55)32-45(48)54(53(58)64)36(2)51(68(4,5)44-22-19-42(65-3)20-23-44)49(67-54)33-50(62)57(27-29-61)34-37-12-8-7-9-13-37/h7-9,12-25,30,32,36,46,49,51,56,60-61H,6,10-11,26-29,31,33-35H2,1-5H3/t36-,46?,49+,51-,54+/m1/s1. The smallest absolute Gasteiger partial charge is 0.264 e. The van der Waals surface area contributed by atoms with Gasteiger partial charge in [0.25, 0.3) is 5.91 Å². The Labute approximate surface area is 409 Å². The number of fused-ring (bicyclic) bond motifs is 3. The van der Waals surface area contributed by atoms with Crippen LogP contribution in [0.15, 0.2) is 120 Å². The Kier molecular flexibility index (Phi) is 15.2. The molecule has 5 aromatic rings. The zero-order chi connectivity index (χ0) is 48.2. The van der Waals surface area contributed by atoms with Crippen molar-refractivity contribution in [3.05, 3.63) is 142 Å². The van der Waals surface area contributed by atoms with Crippen LogP contribution in [0.5, 0.6) is 11.5 Å². The average molecular weight is 1000 g/mol. The van der Waals surface area contributed by atoms with Gasteiger partial charge in [-0.15, -0.1) is 0 Å². The van der Waals surface area contributed by atoms with Crippen LogP contribution < -0.4 is 29.8 Å². The maximum absolute atomic E-state index is 15.6. The Morgan fingerprint density at radius 3 is 2.31 bits per heavy atom. The number of aliphatic hydroxyl groups excluding tert-OH is 2. The Balaban J connectivity index is 1.12. The monoisotopic (exact) mass is 1000 g/mol. The maximum atomic E-state index is 15.6. The number of hydrogen-bond acceptors (Lipinski definition) is 9. The second-order valence-electron chi connectivity index (χ2n) is 18.6. The molecule has 1 fully saturated rings. The molecule has 3 amide bonds. The molecule has 12 nitrogen and oxygen atoms in total. The minimum atomic E-state index is -2.57. The van der Waals surface area contributed by atoms with Gasteiger partial charge in [-0.1, -0.05) is 95.7 Å². The largest absolute Gasteiger partial charge is 0.497 e. The highest BCUT2D eigenvalue weighted by molar-refractivity contribution is 9.10. The van der Waals surface area contributed by atoms with Crippen molar-refractivity contribution in [3.63, 3.8) is 0 Å². The van der Waals surface area contributed by atoms with Gasteiger partial charge in [0, 0.05) is 41.3 Å². The van der Waals surface area contributed by atoms with E-state index in [4.69, 9.17) is 14.2 Å². The number of benzene rings is 5. The molecule has 5 atom stereocenters. The predicted octanol–water partition coefficient (Wildman–Crippen LogP) is 7.98. The summed E-state index contributed by atoms with van der Waals surface area (Å²) in [6.45, 7) is 10.5. The van der Waals surface area contributed by atoms with Crippen LogP contribution >= 0.6 is 15.9 Å². The van der Waals surface area contributed by atoms with Crippen LogP contribution in [0.3, 0.4) is 0 Å². The molecule has 0 radical (unpaired) electrons. The number of nitrogens with zero attached hydrogens (tertiary/aromatic N) is 3. The first-order valence-corrected chi connectivity index (χ1v) is 27.6. The third-order valence-corrected chi connectivity index (χ3v) is 19.0. The van der Waals surface area contributed by atoms with Crippen molar-refractivity contribution in [3.8, 4) is 11.5 Å². The fourth-order valence-corrected chi connectivity index (χ4v) is 15.2. The maximum Gasteiger partial charge on any atom is 0.264 e. The van der Waals surface area contributed by atoms with Gasteiger partial charge in [0.15, 0.2) is 5.60 Å². The van der Waals surface area contributed by atoms with E-state index in [2.05, 4.69) is 53.4 Å². The van der Waals surface area contributed by atoms with Crippen LogP contribution in [0, 0.1) is 5.92 Å². The fraction of sp³-hybridized carbons (Fsp3) is 0.389. The first kappa shape index (κ1) is 49.1. The summed E-state index contributed by atoms with van der Waals surface area (Å²) in [7, 11) is -0.923. The van der Waals surface area contributed by atoms with Crippen molar-refractivity contribution in [2.45, 2.75) is 89.0 Å². The lowest BCUT2D eigenvalue weighted by Gasteiger charge is -2.37. The van der Waals surface area contributed by atoms with E-state index >= 15 is 4.79 Å². The molecule has 3 aliphatic rings. The van der Waals surface area contributed by atoms with E-state index in [1.807, 2.05) is 115 Å². The van der Waals surface area contributed by atoms with Crippen LogP contribution in [0.2, 0.25) is 18.6 Å². The number of rotatable bonds is 19. The van der Waals surface area contributed by atoms with Gasteiger partial charge in [0.1, 0.15) is 11.5 Å². The number of ether oxygens (including phenoxy) is 3. The van der Waals surface area contributed by atoms with E-state index in [0.29, 0.717) is 38.2 Å². The summed E-state index contributed by atoms with van der Waals surface area (Å²) in [5.41, 5.74) is 4.26. The summed E-state index contributed by atoms with van der Waals surface area (Å²) >= 11 is 3.72. The second kappa shape index (κ2) is 21.1. The number of unbranched alkanes of at least 4 members (excludes halogenated alkanes) is 1. The minimum absolute atomic E-state index is 0.0403. The number of nitrogens with one attached hydrogen (secondary N) is 1. The van der Waals surface area contributed by atoms with Gasteiger partial charge >= 0.3 is 0 Å². The van der Waals surface area contributed by atoms with Gasteiger partial charge in [0.05, 0.1) is 64.9 Å². The number of halogens is 1. The van der Waals surface area contributed by atoms with Crippen LogP contribution in [-0.2, 0) is 44.2 Å². The second-order valence-corrected chi connectivity index (χ2v) is 24.2. The molecule has 0 aliphatic carbocycles. The van der Waals surface area contributed by atoms with Crippen LogP contribution in [-0.4, -0.2) is 93.1 Å². The molecule has 0 bridgehead atoms. The zero-order valence-corrected chi connectivity index (χ0v) is 42.2. The molecule has 3 N–H and O–H groups in total. The predicted molar refractivity (Wildman–Crippen MR) is 271 cm³/mol. The van der Waals surface area contributed by atoms with E-state index in [0.717, 1.165) is 61.2 Å². The quantitative estimate of drug-likeness (QED) is 0.0555. The van der Waals surface area contributed by atoms with Gasteiger partial charge in [0.2, 0.25) is 11.8 Å². The number of methoxy groups -OCH3 is 1. The molecular formula is C54H63BrN4O8Si. The van der Waals surface area contributed by atoms with Crippen LogP contribution in [0.4, 0.5) is 17.1 Å². The number of hydrogen-bond donors (Lipinski definition) is 3. The number of aliphatic hydroxyl groups is 2. The molecule has 5 aromatic carbocycles. The van der Waals surface area contributed by atoms with Crippen molar-refractivity contribution in [1.29, 1.82) is 0 Å². The Morgan fingerprint density at radius 2 is 1.62 bits per heavy atom. The van der Waals surface area contributed by atoms with Gasteiger partial charge in [-0.3, -0.25) is 19.3 Å². The third kappa shape index (κ3) is 9.63. The summed E-state index contributed by atoms with van der Waals surface area (Å²) in [5.74, 6) is 0.770. The Morgan fingerprint density at radius 1 is 0.897 bits per heavy atom. The molecule has 14 heteroatoms. The lowest BCUT2D eigenvalue weighted by atomic mass is 9.82. The van der Waals surface area contributed by atoms with E-state index in [1.165, 1.54) is 0 Å². The van der Waals surface area contributed by atoms with Crippen LogP contribution in [0.25, 0.3) is 0 Å². The van der Waals surface area contributed by atoms with Gasteiger partial charge in [-0.25, -0.2) is 0 Å². The highest BCUT2D eigenvalue weighted by Crippen LogP contribution is 2.60. The third-order valence-electron chi connectivity index (χ3n) is 14.2. The summed E-state index contributed by atoms with van der Waals surface area (Å²) < 4.78 is 19.5. The zero-order valence-electron chi connectivity index (χ0n) is 39.6. The highest BCUT2D eigenvalue weighted by atomic mass is 79.9. The normalized spacial score (nSPS) is 21.0. The van der Waals surface area contributed by atoms with E-state index in [9.17, 15) is 19.8 Å². The SMILES string of the molecule is CCOc1ccc2c(c1)CC(NCCCCO)C(=O)N2c1ccc(CN2C(=O)[C@@]3(O[C@@H](CC(=O)N(CCO)Cc4ccccc4)[C@H]([Si](C)(C)c4ccc(OC)cc4)[C@H]3C)c3cc(Br)ccc32)cc1. The first-order chi connectivity index (χ1) is 32.8. The molecule has 0 aromatic heterocycles. The molecule has 358 valence electrons. The molecule has 3 aliphatic heterocycles. The lowest BCUT2D eigenvalue weighted by molar-refractivity contribution is -0.150. The highest BCUT2D eigenvalue weighted by Gasteiger charge is 2.66. The van der Waals surface area contributed by atoms with Gasteiger partial charge in [-0.2, -0.15) is 0 Å². The lowest BCUT2D eigenvalue weighted by Crippen LogP contribution is -2.52. The molecule has 0 saturated carbocycles. The first-order valence-electron chi connectivity index (χ1n) is 23.7. The topological polar surface area (TPSA) is 141 Å². The molecular weight excluding hydrogens is 941 g/mol. The van der Waals surface area contributed by atoms with Crippen molar-refractivity contribution in [1.82, 2.24) is 10.2 Å². The van der Waals surface area contributed by atoms with Crippen molar-refractivity contribution in [2.75, 3.05) is 49.8 Å². The minimum Gasteiger partial charge on any atom is -0.497 e. The van der Waals surface area contributed by atoms with Crippen molar-refractivity contribution in [2.24, 2.45) is 5.92 Å². The molecule has 68 heavy (non-hydrogen) atoms. The molecule has 3 heterocycles. The summed E-state index contributed by atoms with van der Waals surface area (Å²) in [6.07, 6.45) is 1.35. The van der Waals surface area contributed by atoms with Crippen LogP contribution in [0.1, 0.15) is 55.4 Å². The van der Waals surface area contributed by atoms with Crippen molar-refractivity contribution >= 4 is 64.0 Å². The molecule has 1 spiro atoms. The summed E-state index contributed by atoms with van der Waals surface area (Å²) in [5, 5.41) is 24.1. The van der Waals surface area contributed by atoms with Crippen molar-refractivity contribution < 1.29 is 38.8 Å². The van der Waals surface area contributed by atoms with Gasteiger partial charge < -0.3 is 39.5 Å². The molecule has 8 rings (SSSR count). The Hall–Kier alpha value is -5.35. The number of carbonyl (C=O) groups excluding carboxylic acids is 3.